The van der Waals surface area contributed by atoms with E-state index < -0.39 is 15.4 Å². The molecule has 3 unspecified atom stereocenters. The van der Waals surface area contributed by atoms with Crippen LogP contribution in [0.25, 0.3) is 0 Å². The highest BCUT2D eigenvalue weighted by Crippen LogP contribution is 2.32. The van der Waals surface area contributed by atoms with Crippen LogP contribution in [0.15, 0.2) is 29.2 Å². The van der Waals surface area contributed by atoms with E-state index in [1.165, 1.54) is 6.26 Å². The van der Waals surface area contributed by atoms with E-state index in [0.717, 1.165) is 31.2 Å². The van der Waals surface area contributed by atoms with Gasteiger partial charge in [-0.25, -0.2) is 8.42 Å². The standard InChI is InChI=1S/C17H26N2O3S.ClH/c1-12(13-7-9-14(10-8-13)23(3,21)22)19-16(20)15-6-4-5-11-17(15,2)18;/h7-10,12,15H,4-6,11,18H2,1-3H3,(H,19,20);1H. The predicted octanol–water partition coefficient (Wildman–Crippen LogP) is 2.60. The molecule has 3 N–H and O–H groups in total. The van der Waals surface area contributed by atoms with Crippen molar-refractivity contribution in [3.05, 3.63) is 29.8 Å². The number of carbonyl (C=O) groups excluding carboxylic acids is 1. The van der Waals surface area contributed by atoms with E-state index in [1.807, 2.05) is 13.8 Å². The summed E-state index contributed by atoms with van der Waals surface area (Å²) in [7, 11) is -3.20. The molecule has 1 fully saturated rings. The normalized spacial score (nSPS) is 25.4. The molecule has 1 aliphatic carbocycles. The van der Waals surface area contributed by atoms with Crippen molar-refractivity contribution in [1.29, 1.82) is 0 Å². The summed E-state index contributed by atoms with van der Waals surface area (Å²) in [5.74, 6) is -0.191. The van der Waals surface area contributed by atoms with Crippen LogP contribution in [0.1, 0.15) is 51.1 Å². The fraction of sp³-hybridized carbons (Fsp3) is 0.588. The van der Waals surface area contributed by atoms with Gasteiger partial charge in [-0.1, -0.05) is 25.0 Å². The van der Waals surface area contributed by atoms with Crippen LogP contribution in [-0.4, -0.2) is 26.1 Å². The van der Waals surface area contributed by atoms with Gasteiger partial charge >= 0.3 is 0 Å². The Balaban J connectivity index is 0.00000288. The molecule has 0 radical (unpaired) electrons. The second kappa shape index (κ2) is 7.85. The average molecular weight is 375 g/mol. The van der Waals surface area contributed by atoms with E-state index in [2.05, 4.69) is 5.32 Å². The smallest absolute Gasteiger partial charge is 0.225 e. The summed E-state index contributed by atoms with van der Waals surface area (Å²) in [6, 6.07) is 6.43. The Kier molecular flexibility index (Phi) is 6.84. The summed E-state index contributed by atoms with van der Waals surface area (Å²) in [4.78, 5) is 12.8. The van der Waals surface area contributed by atoms with E-state index >= 15 is 0 Å². The third-order valence-electron chi connectivity index (χ3n) is 4.74. The van der Waals surface area contributed by atoms with Gasteiger partial charge < -0.3 is 11.1 Å². The molecule has 3 atom stereocenters. The number of rotatable bonds is 4. The van der Waals surface area contributed by atoms with Gasteiger partial charge in [0.1, 0.15) is 0 Å². The Morgan fingerprint density at radius 3 is 2.38 bits per heavy atom. The van der Waals surface area contributed by atoms with Gasteiger partial charge in [-0.2, -0.15) is 0 Å². The molecule has 5 nitrogen and oxygen atoms in total. The summed E-state index contributed by atoms with van der Waals surface area (Å²) in [6.45, 7) is 3.84. The van der Waals surface area contributed by atoms with Crippen LogP contribution in [0.4, 0.5) is 0 Å². The number of nitrogens with two attached hydrogens (primary N) is 1. The number of halogens is 1. The molecule has 1 aromatic carbocycles. The van der Waals surface area contributed by atoms with Gasteiger partial charge in [-0.05, 0) is 44.4 Å². The highest BCUT2D eigenvalue weighted by Gasteiger charge is 2.38. The summed E-state index contributed by atoms with van der Waals surface area (Å²) < 4.78 is 23.0. The number of hydrogen-bond acceptors (Lipinski definition) is 4. The third kappa shape index (κ3) is 4.94. The molecule has 0 aliphatic heterocycles. The molecule has 136 valence electrons. The predicted molar refractivity (Wildman–Crippen MR) is 97.9 cm³/mol. The monoisotopic (exact) mass is 374 g/mol. The highest BCUT2D eigenvalue weighted by atomic mass is 35.5. The van der Waals surface area contributed by atoms with E-state index in [-0.39, 0.29) is 35.2 Å². The number of hydrogen-bond donors (Lipinski definition) is 2. The Bertz CT molecular complexity index is 672. The van der Waals surface area contributed by atoms with Crippen LogP contribution in [-0.2, 0) is 14.6 Å². The van der Waals surface area contributed by atoms with Crippen molar-refractivity contribution in [2.45, 2.75) is 56.0 Å². The van der Waals surface area contributed by atoms with Gasteiger partial charge in [0.15, 0.2) is 9.84 Å². The molecular formula is C17H27ClN2O3S. The second-order valence-electron chi connectivity index (χ2n) is 6.88. The molecular weight excluding hydrogens is 348 g/mol. The van der Waals surface area contributed by atoms with Crippen LogP contribution in [0, 0.1) is 5.92 Å². The molecule has 1 aliphatic rings. The van der Waals surface area contributed by atoms with Crippen molar-refractivity contribution in [1.82, 2.24) is 5.32 Å². The van der Waals surface area contributed by atoms with Gasteiger partial charge in [-0.15, -0.1) is 12.4 Å². The van der Waals surface area contributed by atoms with Crippen LogP contribution in [0.2, 0.25) is 0 Å². The Labute approximate surface area is 150 Å². The van der Waals surface area contributed by atoms with Crippen molar-refractivity contribution in [2.24, 2.45) is 11.7 Å². The lowest BCUT2D eigenvalue weighted by molar-refractivity contribution is -0.128. The zero-order valence-corrected chi connectivity index (χ0v) is 16.0. The summed E-state index contributed by atoms with van der Waals surface area (Å²) in [5.41, 5.74) is 6.70. The van der Waals surface area contributed by atoms with E-state index in [9.17, 15) is 13.2 Å². The molecule has 0 aromatic heterocycles. The first-order chi connectivity index (χ1) is 10.6. The maximum atomic E-state index is 12.5. The van der Waals surface area contributed by atoms with Crippen molar-refractivity contribution in [3.8, 4) is 0 Å². The fourth-order valence-corrected chi connectivity index (χ4v) is 3.82. The van der Waals surface area contributed by atoms with Crippen LogP contribution >= 0.6 is 12.4 Å². The Morgan fingerprint density at radius 1 is 1.29 bits per heavy atom. The van der Waals surface area contributed by atoms with Crippen LogP contribution < -0.4 is 11.1 Å². The van der Waals surface area contributed by atoms with Gasteiger partial charge in [0.25, 0.3) is 0 Å². The first kappa shape index (κ1) is 20.9. The molecule has 0 spiro atoms. The lowest BCUT2D eigenvalue weighted by Gasteiger charge is -2.37. The molecule has 0 heterocycles. The lowest BCUT2D eigenvalue weighted by Crippen LogP contribution is -2.53. The lowest BCUT2D eigenvalue weighted by atomic mass is 9.74. The largest absolute Gasteiger partial charge is 0.349 e. The Morgan fingerprint density at radius 2 is 1.88 bits per heavy atom. The summed E-state index contributed by atoms with van der Waals surface area (Å²) in [5, 5.41) is 3.01. The van der Waals surface area contributed by atoms with Crippen molar-refractivity contribution < 1.29 is 13.2 Å². The van der Waals surface area contributed by atoms with Gasteiger partial charge in [0.05, 0.1) is 16.9 Å². The van der Waals surface area contributed by atoms with Crippen LogP contribution in [0.5, 0.6) is 0 Å². The average Bonchev–Trinajstić information content (AvgIpc) is 2.45. The third-order valence-corrected chi connectivity index (χ3v) is 5.87. The second-order valence-corrected chi connectivity index (χ2v) is 8.89. The number of benzene rings is 1. The summed E-state index contributed by atoms with van der Waals surface area (Å²) in [6.07, 6.45) is 4.96. The van der Waals surface area contributed by atoms with Crippen molar-refractivity contribution in [2.75, 3.05) is 6.26 Å². The zero-order valence-electron chi connectivity index (χ0n) is 14.4. The van der Waals surface area contributed by atoms with E-state index in [0.29, 0.717) is 0 Å². The quantitative estimate of drug-likeness (QED) is 0.847. The first-order valence-corrected chi connectivity index (χ1v) is 9.90. The molecule has 2 rings (SSSR count). The minimum atomic E-state index is -3.20. The van der Waals surface area contributed by atoms with Crippen molar-refractivity contribution >= 4 is 28.2 Å². The SMILES string of the molecule is CC(NC(=O)C1CCCCC1(C)N)c1ccc(S(C)(=O)=O)cc1.Cl. The van der Waals surface area contributed by atoms with Gasteiger partial charge in [-0.3, -0.25) is 4.79 Å². The zero-order chi connectivity index (χ0) is 17.3. The Hall–Kier alpha value is -1.11. The maximum Gasteiger partial charge on any atom is 0.225 e. The molecule has 0 bridgehead atoms. The fourth-order valence-electron chi connectivity index (χ4n) is 3.19. The molecule has 1 saturated carbocycles. The van der Waals surface area contributed by atoms with Gasteiger partial charge in [0.2, 0.25) is 5.91 Å². The molecule has 24 heavy (non-hydrogen) atoms. The number of carbonyl (C=O) groups is 1. The minimum Gasteiger partial charge on any atom is -0.349 e. The number of amides is 1. The van der Waals surface area contributed by atoms with Crippen molar-refractivity contribution in [3.63, 3.8) is 0 Å². The topological polar surface area (TPSA) is 89.3 Å². The molecule has 7 heteroatoms. The molecule has 0 saturated heterocycles. The maximum absolute atomic E-state index is 12.5. The summed E-state index contributed by atoms with van der Waals surface area (Å²) >= 11 is 0. The number of nitrogens with one attached hydrogen (secondary N) is 1. The van der Waals surface area contributed by atoms with Gasteiger partial charge in [0, 0.05) is 11.8 Å². The van der Waals surface area contributed by atoms with Crippen LogP contribution in [0.3, 0.4) is 0 Å². The first-order valence-electron chi connectivity index (χ1n) is 8.00. The molecule has 1 aromatic rings. The highest BCUT2D eigenvalue weighted by molar-refractivity contribution is 7.90. The van der Waals surface area contributed by atoms with E-state index in [4.69, 9.17) is 5.73 Å². The minimum absolute atomic E-state index is 0. The molecule has 1 amide bonds. The number of sulfone groups is 1. The van der Waals surface area contributed by atoms with E-state index in [1.54, 1.807) is 24.3 Å².